The van der Waals surface area contributed by atoms with Crippen molar-refractivity contribution in [2.24, 2.45) is 5.73 Å². The van der Waals surface area contributed by atoms with Crippen LogP contribution in [0.2, 0.25) is 0 Å². The van der Waals surface area contributed by atoms with Crippen molar-refractivity contribution in [1.29, 1.82) is 0 Å². The maximum Gasteiger partial charge on any atom is 0.119 e. The second-order valence-electron chi connectivity index (χ2n) is 4.54. The molecule has 88 valence electrons. The van der Waals surface area contributed by atoms with Crippen molar-refractivity contribution >= 4 is 15.9 Å². The van der Waals surface area contributed by atoms with E-state index < -0.39 is 0 Å². The third-order valence-corrected chi connectivity index (χ3v) is 4.39. The fraction of sp³-hybridized carbons (Fsp3) is 0.538. The molecule has 1 aromatic rings. The van der Waals surface area contributed by atoms with Crippen LogP contribution >= 0.6 is 15.9 Å². The van der Waals surface area contributed by atoms with Crippen LogP contribution in [0.25, 0.3) is 0 Å². The second-order valence-corrected chi connectivity index (χ2v) is 5.39. The van der Waals surface area contributed by atoms with Gasteiger partial charge in [-0.1, -0.05) is 28.8 Å². The summed E-state index contributed by atoms with van der Waals surface area (Å²) in [6.45, 7) is 0.721. The van der Waals surface area contributed by atoms with Crippen LogP contribution < -0.4 is 10.5 Å². The summed E-state index contributed by atoms with van der Waals surface area (Å²) in [5, 5.41) is 0. The highest BCUT2D eigenvalue weighted by Gasteiger charge is 2.35. The zero-order valence-electron chi connectivity index (χ0n) is 9.63. The van der Waals surface area contributed by atoms with E-state index in [9.17, 15) is 0 Å². The van der Waals surface area contributed by atoms with E-state index in [0.29, 0.717) is 0 Å². The van der Waals surface area contributed by atoms with E-state index in [0.717, 1.165) is 16.8 Å². The molecule has 0 radical (unpaired) electrons. The number of ether oxygens (including phenoxy) is 1. The van der Waals surface area contributed by atoms with Gasteiger partial charge in [-0.15, -0.1) is 0 Å². The summed E-state index contributed by atoms with van der Waals surface area (Å²) in [5.74, 6) is 0.915. The maximum atomic E-state index is 6.00. The van der Waals surface area contributed by atoms with Crippen LogP contribution in [0, 0.1) is 0 Å². The molecule has 2 rings (SSSR count). The van der Waals surface area contributed by atoms with Crippen molar-refractivity contribution < 1.29 is 4.74 Å². The van der Waals surface area contributed by atoms with Gasteiger partial charge < -0.3 is 10.5 Å². The lowest BCUT2D eigenvalue weighted by Gasteiger charge is -2.29. The molecule has 1 fully saturated rings. The van der Waals surface area contributed by atoms with Gasteiger partial charge in [0.15, 0.2) is 0 Å². The van der Waals surface area contributed by atoms with E-state index in [1.165, 1.54) is 31.2 Å². The lowest BCUT2D eigenvalue weighted by atomic mass is 9.79. The van der Waals surface area contributed by atoms with Crippen LogP contribution in [0.15, 0.2) is 22.7 Å². The Morgan fingerprint density at radius 3 is 2.62 bits per heavy atom. The molecule has 0 atom stereocenters. The number of methoxy groups -OCH3 is 1. The summed E-state index contributed by atoms with van der Waals surface area (Å²) >= 11 is 3.63. The monoisotopic (exact) mass is 283 g/mol. The lowest BCUT2D eigenvalue weighted by Crippen LogP contribution is -2.32. The molecule has 1 aliphatic rings. The molecule has 0 aliphatic heterocycles. The Bertz CT molecular complexity index is 372. The van der Waals surface area contributed by atoms with Gasteiger partial charge in [-0.2, -0.15) is 0 Å². The van der Waals surface area contributed by atoms with Crippen molar-refractivity contribution in [1.82, 2.24) is 0 Å². The Morgan fingerprint density at radius 1 is 1.38 bits per heavy atom. The molecule has 0 bridgehead atoms. The number of nitrogens with two attached hydrogens (primary N) is 1. The number of halogens is 1. The van der Waals surface area contributed by atoms with Crippen LogP contribution in [0.5, 0.6) is 5.75 Å². The largest absolute Gasteiger partial charge is 0.497 e. The molecule has 1 aromatic carbocycles. The SMILES string of the molecule is COc1ccc(Br)c(C2(CN)CCCC2)c1. The molecule has 16 heavy (non-hydrogen) atoms. The number of hydrogen-bond acceptors (Lipinski definition) is 2. The highest BCUT2D eigenvalue weighted by molar-refractivity contribution is 9.10. The fourth-order valence-electron chi connectivity index (χ4n) is 2.67. The van der Waals surface area contributed by atoms with Gasteiger partial charge in [0.2, 0.25) is 0 Å². The van der Waals surface area contributed by atoms with Gasteiger partial charge in [-0.05, 0) is 36.6 Å². The van der Waals surface area contributed by atoms with Crippen molar-refractivity contribution in [3.05, 3.63) is 28.2 Å². The Labute approximate surface area is 105 Å². The van der Waals surface area contributed by atoms with E-state index in [1.54, 1.807) is 7.11 Å². The average molecular weight is 284 g/mol. The molecule has 0 heterocycles. The predicted octanol–water partition coefficient (Wildman–Crippen LogP) is 3.23. The average Bonchev–Trinajstić information content (AvgIpc) is 2.79. The predicted molar refractivity (Wildman–Crippen MR) is 69.9 cm³/mol. The Hall–Kier alpha value is -0.540. The minimum atomic E-state index is 0.160. The highest BCUT2D eigenvalue weighted by atomic mass is 79.9. The Balaban J connectivity index is 2.44. The number of hydrogen-bond donors (Lipinski definition) is 1. The molecule has 0 amide bonds. The summed E-state index contributed by atoms with van der Waals surface area (Å²) in [5.41, 5.74) is 7.47. The van der Waals surface area contributed by atoms with E-state index in [1.807, 2.05) is 6.07 Å². The van der Waals surface area contributed by atoms with Gasteiger partial charge in [-0.3, -0.25) is 0 Å². The summed E-state index contributed by atoms with van der Waals surface area (Å²) in [6.07, 6.45) is 4.94. The summed E-state index contributed by atoms with van der Waals surface area (Å²) < 4.78 is 6.45. The normalized spacial score (nSPS) is 18.7. The van der Waals surface area contributed by atoms with Crippen LogP contribution in [0.4, 0.5) is 0 Å². The molecule has 2 nitrogen and oxygen atoms in total. The van der Waals surface area contributed by atoms with E-state index >= 15 is 0 Å². The first-order valence-electron chi connectivity index (χ1n) is 5.76. The maximum absolute atomic E-state index is 6.00. The van der Waals surface area contributed by atoms with Gasteiger partial charge in [0.1, 0.15) is 5.75 Å². The smallest absolute Gasteiger partial charge is 0.119 e. The zero-order chi connectivity index (χ0) is 11.6. The van der Waals surface area contributed by atoms with Crippen molar-refractivity contribution in [2.45, 2.75) is 31.1 Å². The topological polar surface area (TPSA) is 35.2 Å². The highest BCUT2D eigenvalue weighted by Crippen LogP contribution is 2.44. The van der Waals surface area contributed by atoms with Gasteiger partial charge in [0.05, 0.1) is 7.11 Å². The van der Waals surface area contributed by atoms with Crippen LogP contribution in [0.1, 0.15) is 31.2 Å². The molecular formula is C13H18BrNO. The molecule has 0 unspecified atom stereocenters. The molecule has 2 N–H and O–H groups in total. The van der Waals surface area contributed by atoms with Crippen LogP contribution in [-0.2, 0) is 5.41 Å². The molecule has 0 saturated heterocycles. The third kappa shape index (κ3) is 1.98. The van der Waals surface area contributed by atoms with Crippen molar-refractivity contribution in [3.8, 4) is 5.75 Å². The lowest BCUT2D eigenvalue weighted by molar-refractivity contribution is 0.407. The Morgan fingerprint density at radius 2 is 2.06 bits per heavy atom. The first-order valence-corrected chi connectivity index (χ1v) is 6.55. The molecule has 0 aromatic heterocycles. The fourth-order valence-corrected chi connectivity index (χ4v) is 3.34. The van der Waals surface area contributed by atoms with E-state index in [2.05, 4.69) is 28.1 Å². The zero-order valence-corrected chi connectivity index (χ0v) is 11.2. The first kappa shape index (κ1) is 11.9. The minimum absolute atomic E-state index is 0.160. The molecule has 0 spiro atoms. The number of benzene rings is 1. The van der Waals surface area contributed by atoms with Crippen molar-refractivity contribution in [2.75, 3.05) is 13.7 Å². The third-order valence-electron chi connectivity index (χ3n) is 3.70. The quantitative estimate of drug-likeness (QED) is 0.925. The summed E-state index contributed by atoms with van der Waals surface area (Å²) in [7, 11) is 1.71. The molecule has 1 saturated carbocycles. The summed E-state index contributed by atoms with van der Waals surface area (Å²) in [4.78, 5) is 0. The van der Waals surface area contributed by atoms with Crippen LogP contribution in [-0.4, -0.2) is 13.7 Å². The van der Waals surface area contributed by atoms with Crippen molar-refractivity contribution in [3.63, 3.8) is 0 Å². The van der Waals surface area contributed by atoms with E-state index in [4.69, 9.17) is 10.5 Å². The standard InChI is InChI=1S/C13H18BrNO/c1-16-10-4-5-12(14)11(8-10)13(9-15)6-2-3-7-13/h4-5,8H,2-3,6-7,9,15H2,1H3. The van der Waals surface area contributed by atoms with Gasteiger partial charge in [0.25, 0.3) is 0 Å². The summed E-state index contributed by atoms with van der Waals surface area (Å²) in [6, 6.07) is 6.17. The first-order chi connectivity index (χ1) is 7.72. The Kier molecular flexibility index (Phi) is 3.55. The minimum Gasteiger partial charge on any atom is -0.497 e. The molecule has 1 aliphatic carbocycles. The van der Waals surface area contributed by atoms with E-state index in [-0.39, 0.29) is 5.41 Å². The van der Waals surface area contributed by atoms with Gasteiger partial charge in [-0.25, -0.2) is 0 Å². The molecule has 3 heteroatoms. The van der Waals surface area contributed by atoms with Gasteiger partial charge >= 0.3 is 0 Å². The number of rotatable bonds is 3. The van der Waals surface area contributed by atoms with Gasteiger partial charge in [0, 0.05) is 16.4 Å². The molecular weight excluding hydrogens is 266 g/mol. The second kappa shape index (κ2) is 4.76. The van der Waals surface area contributed by atoms with Crippen LogP contribution in [0.3, 0.4) is 0 Å².